The first-order chi connectivity index (χ1) is 17.9. The summed E-state index contributed by atoms with van der Waals surface area (Å²) in [5.74, 6) is -2.61. The van der Waals surface area contributed by atoms with Gasteiger partial charge in [0.25, 0.3) is 0 Å². The third-order valence-electron chi connectivity index (χ3n) is 10.7. The van der Waals surface area contributed by atoms with Crippen LogP contribution in [-0.2, 0) is 19.1 Å². The second-order valence-electron chi connectivity index (χ2n) is 12.8. The average Bonchev–Trinajstić information content (AvgIpc) is 3.07. The van der Waals surface area contributed by atoms with Gasteiger partial charge in [0, 0.05) is 23.2 Å². The van der Waals surface area contributed by atoms with Crippen molar-refractivity contribution >= 4 is 17.5 Å². The fourth-order valence-electron chi connectivity index (χ4n) is 8.52. The average molecular weight is 533 g/mol. The molecule has 4 rings (SSSR count). The number of ketones is 2. The van der Waals surface area contributed by atoms with Crippen molar-refractivity contribution in [1.82, 2.24) is 0 Å². The number of hydrogen-bond donors (Lipinski definition) is 2. The number of aliphatic hydroxyl groups excluding tert-OH is 1. The maximum absolute atomic E-state index is 17.2. The second-order valence-corrected chi connectivity index (χ2v) is 12.8. The summed E-state index contributed by atoms with van der Waals surface area (Å²) in [6.45, 7) is 6.96. The number of rotatable bonds is 10. The molecule has 7 heteroatoms. The highest BCUT2D eigenvalue weighted by molar-refractivity contribution is 6.01. The van der Waals surface area contributed by atoms with Gasteiger partial charge in [-0.05, 0) is 63.0 Å². The molecule has 4 aliphatic rings. The lowest BCUT2D eigenvalue weighted by Gasteiger charge is -2.62. The van der Waals surface area contributed by atoms with Crippen molar-refractivity contribution in [3.63, 3.8) is 0 Å². The van der Waals surface area contributed by atoms with Gasteiger partial charge in [0.15, 0.2) is 18.1 Å². The van der Waals surface area contributed by atoms with Gasteiger partial charge < -0.3 is 14.9 Å². The number of ether oxygens (including phenoxy) is 1. The number of esters is 1. The first-order valence-electron chi connectivity index (χ1n) is 14.6. The van der Waals surface area contributed by atoms with Crippen LogP contribution in [0.2, 0.25) is 0 Å². The highest BCUT2D eigenvalue weighted by Crippen LogP contribution is 2.70. The molecule has 0 radical (unpaired) electrons. The van der Waals surface area contributed by atoms with Crippen LogP contribution in [0.5, 0.6) is 0 Å². The summed E-state index contributed by atoms with van der Waals surface area (Å²) in [6, 6.07) is 0. The largest absolute Gasteiger partial charge is 0.458 e. The number of unbranched alkanes of at least 4 members (excludes halogenated alkanes) is 5. The van der Waals surface area contributed by atoms with Gasteiger partial charge in [0.1, 0.15) is 5.60 Å². The molecular weight excluding hydrogens is 487 g/mol. The third kappa shape index (κ3) is 4.32. The van der Waals surface area contributed by atoms with E-state index in [1.165, 1.54) is 18.6 Å². The number of hydrogen-bond acceptors (Lipinski definition) is 6. The zero-order valence-corrected chi connectivity index (χ0v) is 23.4. The van der Waals surface area contributed by atoms with Crippen LogP contribution in [0.1, 0.15) is 98.3 Å². The molecule has 212 valence electrons. The van der Waals surface area contributed by atoms with Gasteiger partial charge in [-0.15, -0.1) is 0 Å². The summed E-state index contributed by atoms with van der Waals surface area (Å²) >= 11 is 0. The van der Waals surface area contributed by atoms with Crippen LogP contribution in [0.25, 0.3) is 0 Å². The van der Waals surface area contributed by atoms with E-state index in [0.29, 0.717) is 31.3 Å². The highest BCUT2D eigenvalue weighted by Gasteiger charge is 2.75. The molecule has 0 aromatic heterocycles. The number of carbonyl (C=O) groups excluding carboxylic acids is 3. The fraction of sp³-hybridized carbons (Fsp3) is 0.774. The van der Waals surface area contributed by atoms with Crippen molar-refractivity contribution in [3.8, 4) is 0 Å². The third-order valence-corrected chi connectivity index (χ3v) is 10.7. The fourth-order valence-corrected chi connectivity index (χ4v) is 8.52. The summed E-state index contributed by atoms with van der Waals surface area (Å²) in [5.41, 5.74) is -5.35. The number of carbonyl (C=O) groups is 3. The Kier molecular flexibility index (Phi) is 8.13. The van der Waals surface area contributed by atoms with Gasteiger partial charge in [0.2, 0.25) is 5.78 Å². The van der Waals surface area contributed by atoms with Crippen LogP contribution < -0.4 is 0 Å². The Hall–Kier alpha value is -1.86. The number of aliphatic hydroxyl groups is 2. The minimum atomic E-state index is -2.02. The lowest BCUT2D eigenvalue weighted by Crippen LogP contribution is -2.69. The molecule has 2 N–H and O–H groups in total. The van der Waals surface area contributed by atoms with Crippen LogP contribution >= 0.6 is 0 Å². The molecule has 3 fully saturated rings. The van der Waals surface area contributed by atoms with Gasteiger partial charge in [-0.3, -0.25) is 14.4 Å². The van der Waals surface area contributed by atoms with Gasteiger partial charge in [-0.1, -0.05) is 64.5 Å². The lowest BCUT2D eigenvalue weighted by molar-refractivity contribution is -0.220. The molecule has 3 saturated carbocycles. The molecule has 0 heterocycles. The van der Waals surface area contributed by atoms with Crippen LogP contribution in [0, 0.1) is 28.6 Å². The van der Waals surface area contributed by atoms with Crippen molar-refractivity contribution in [2.24, 2.45) is 28.6 Å². The standard InChI is InChI=1S/C31H45FO6/c1-5-6-7-8-9-10-11-27(36)38-19-26(35)31(37)20(2)16-24-23-13-12-21-17-22(33)14-15-28(21,3)30(23,32)25(34)18-29(24,31)4/h14-15,17,20,23-25,34,37H,5-13,16,18-19H2,1-4H3/t20-,23+,24+,25+,28+,29+,30+,31+/m1/s1. The van der Waals surface area contributed by atoms with E-state index in [-0.39, 0.29) is 24.5 Å². The minimum Gasteiger partial charge on any atom is -0.458 e. The van der Waals surface area contributed by atoms with E-state index in [9.17, 15) is 24.6 Å². The predicted octanol–water partition coefficient (Wildman–Crippen LogP) is 5.20. The zero-order chi connectivity index (χ0) is 27.9. The SMILES string of the molecule is CCCCCCCCC(=O)OCC(=O)[C@@]1(O)[C@H](C)C[C@H]2[C@@H]3CCC4=CC(=O)C=C[C@]4(C)[C@@]3(F)[C@@H](O)C[C@@]21C. The quantitative estimate of drug-likeness (QED) is 0.296. The zero-order valence-electron chi connectivity index (χ0n) is 23.4. The lowest BCUT2D eigenvalue weighted by atomic mass is 9.44. The molecular formula is C31H45FO6. The highest BCUT2D eigenvalue weighted by atomic mass is 19.1. The molecule has 0 aromatic rings. The Morgan fingerprint density at radius 2 is 1.82 bits per heavy atom. The summed E-state index contributed by atoms with van der Waals surface area (Å²) in [4.78, 5) is 37.8. The molecule has 0 aliphatic heterocycles. The molecule has 0 aromatic carbocycles. The Morgan fingerprint density at radius 3 is 2.53 bits per heavy atom. The molecule has 0 bridgehead atoms. The minimum absolute atomic E-state index is 0.0897. The Morgan fingerprint density at radius 1 is 1.13 bits per heavy atom. The molecule has 0 spiro atoms. The van der Waals surface area contributed by atoms with E-state index in [1.807, 2.05) is 0 Å². The van der Waals surface area contributed by atoms with Crippen LogP contribution in [0.4, 0.5) is 4.39 Å². The second kappa shape index (κ2) is 10.6. The van der Waals surface area contributed by atoms with E-state index in [2.05, 4.69) is 6.92 Å². The Labute approximate surface area is 226 Å². The van der Waals surface area contributed by atoms with Crippen molar-refractivity contribution in [3.05, 3.63) is 23.8 Å². The molecule has 38 heavy (non-hydrogen) atoms. The Balaban J connectivity index is 1.48. The molecule has 8 atom stereocenters. The maximum atomic E-state index is 17.2. The van der Waals surface area contributed by atoms with Crippen molar-refractivity contribution in [1.29, 1.82) is 0 Å². The summed E-state index contributed by atoms with van der Waals surface area (Å²) in [5, 5.41) is 23.4. The van der Waals surface area contributed by atoms with Crippen LogP contribution in [0.3, 0.4) is 0 Å². The van der Waals surface area contributed by atoms with E-state index in [0.717, 1.165) is 25.7 Å². The maximum Gasteiger partial charge on any atom is 0.306 e. The van der Waals surface area contributed by atoms with Gasteiger partial charge in [-0.2, -0.15) is 0 Å². The van der Waals surface area contributed by atoms with Crippen LogP contribution in [-0.4, -0.2) is 51.7 Å². The number of Topliss-reactive ketones (excluding diaryl/α,β-unsaturated/α-hetero) is 1. The van der Waals surface area contributed by atoms with Crippen LogP contribution in [0.15, 0.2) is 23.8 Å². The molecule has 6 nitrogen and oxygen atoms in total. The molecule has 0 saturated heterocycles. The summed E-state index contributed by atoms with van der Waals surface area (Å²) < 4.78 is 22.5. The molecule has 4 aliphatic carbocycles. The summed E-state index contributed by atoms with van der Waals surface area (Å²) in [6.07, 6.45) is 10.8. The molecule has 0 amide bonds. The van der Waals surface area contributed by atoms with Crippen molar-refractivity contribution in [2.45, 2.75) is 116 Å². The number of halogens is 1. The van der Waals surface area contributed by atoms with Gasteiger partial charge in [0.05, 0.1) is 6.10 Å². The van der Waals surface area contributed by atoms with Crippen molar-refractivity contribution in [2.75, 3.05) is 6.61 Å². The predicted molar refractivity (Wildman–Crippen MR) is 142 cm³/mol. The topological polar surface area (TPSA) is 101 Å². The van der Waals surface area contributed by atoms with Gasteiger partial charge >= 0.3 is 5.97 Å². The number of fused-ring (bicyclic) bond motifs is 5. The van der Waals surface area contributed by atoms with Gasteiger partial charge in [-0.25, -0.2) is 4.39 Å². The Bertz CT molecular complexity index is 1020. The van der Waals surface area contributed by atoms with E-state index >= 15 is 4.39 Å². The normalized spacial score (nSPS) is 41.7. The monoisotopic (exact) mass is 532 g/mol. The molecule has 0 unspecified atom stereocenters. The number of allylic oxidation sites excluding steroid dienone is 4. The summed E-state index contributed by atoms with van der Waals surface area (Å²) in [7, 11) is 0. The van der Waals surface area contributed by atoms with Crippen molar-refractivity contribution < 1.29 is 33.7 Å². The first kappa shape index (κ1) is 29.1. The van der Waals surface area contributed by atoms with E-state index in [4.69, 9.17) is 4.74 Å². The van der Waals surface area contributed by atoms with E-state index < -0.39 is 58.4 Å². The van der Waals surface area contributed by atoms with E-state index in [1.54, 1.807) is 26.8 Å². The first-order valence-corrected chi connectivity index (χ1v) is 14.6. The number of alkyl halides is 1. The smallest absolute Gasteiger partial charge is 0.306 e.